The summed E-state index contributed by atoms with van der Waals surface area (Å²) in [5.41, 5.74) is 5.36. The molecule has 1 aliphatic rings. The van der Waals surface area contributed by atoms with Crippen LogP contribution in [-0.4, -0.2) is 58.4 Å². The third-order valence-corrected chi connectivity index (χ3v) is 6.09. The molecule has 1 aromatic carbocycles. The fourth-order valence-electron chi connectivity index (χ4n) is 4.14. The molecule has 0 unspecified atom stereocenters. The number of aromatic amines is 1. The van der Waals surface area contributed by atoms with Gasteiger partial charge in [-0.2, -0.15) is 5.26 Å². The second-order valence-electron chi connectivity index (χ2n) is 8.10. The Hall–Kier alpha value is -3.63. The van der Waals surface area contributed by atoms with E-state index in [4.69, 9.17) is 0 Å². The van der Waals surface area contributed by atoms with Crippen molar-refractivity contribution in [2.75, 3.05) is 38.0 Å². The van der Waals surface area contributed by atoms with Gasteiger partial charge in [0.15, 0.2) is 0 Å². The fraction of sp³-hybridized carbons (Fsp3) is 0.320. The van der Waals surface area contributed by atoms with Crippen LogP contribution in [0.2, 0.25) is 0 Å². The van der Waals surface area contributed by atoms with Gasteiger partial charge in [-0.1, -0.05) is 12.2 Å². The number of nitrogens with one attached hydrogen (secondary N) is 2. The van der Waals surface area contributed by atoms with E-state index in [9.17, 15) is 10.1 Å². The van der Waals surface area contributed by atoms with E-state index in [2.05, 4.69) is 45.3 Å². The largest absolute Gasteiger partial charge is 0.361 e. The number of pyridine rings is 1. The number of H-pyrrole nitrogens is 1. The third kappa shape index (κ3) is 4.66. The van der Waals surface area contributed by atoms with Crippen LogP contribution in [0.3, 0.4) is 0 Å². The first-order valence-corrected chi connectivity index (χ1v) is 10.9. The van der Waals surface area contributed by atoms with Crippen LogP contribution in [0.4, 0.5) is 11.4 Å². The lowest BCUT2D eigenvalue weighted by molar-refractivity contribution is -0.130. The van der Waals surface area contributed by atoms with Gasteiger partial charge in [0.25, 0.3) is 0 Å². The highest BCUT2D eigenvalue weighted by Gasteiger charge is 2.17. The fourth-order valence-corrected chi connectivity index (χ4v) is 4.14. The second kappa shape index (κ2) is 9.67. The molecule has 7 nitrogen and oxygen atoms in total. The molecule has 3 heterocycles. The molecule has 1 amide bonds. The molecule has 0 aliphatic carbocycles. The molecule has 32 heavy (non-hydrogen) atoms. The lowest BCUT2D eigenvalue weighted by Gasteiger charge is -2.33. The van der Waals surface area contributed by atoms with Crippen LogP contribution in [0.5, 0.6) is 0 Å². The number of aromatic nitrogens is 2. The van der Waals surface area contributed by atoms with Gasteiger partial charge in [-0.25, -0.2) is 0 Å². The minimum Gasteiger partial charge on any atom is -0.361 e. The van der Waals surface area contributed by atoms with Crippen molar-refractivity contribution in [1.82, 2.24) is 19.8 Å². The van der Waals surface area contributed by atoms with E-state index in [1.54, 1.807) is 19.3 Å². The summed E-state index contributed by atoms with van der Waals surface area (Å²) in [7, 11) is 0. The van der Waals surface area contributed by atoms with Crippen molar-refractivity contribution in [2.24, 2.45) is 0 Å². The summed E-state index contributed by atoms with van der Waals surface area (Å²) in [6, 6.07) is 8.39. The number of nitriles is 1. The molecule has 0 spiro atoms. The van der Waals surface area contributed by atoms with E-state index >= 15 is 0 Å². The van der Waals surface area contributed by atoms with Gasteiger partial charge >= 0.3 is 0 Å². The molecule has 0 bridgehead atoms. The molecular weight excluding hydrogens is 400 g/mol. The van der Waals surface area contributed by atoms with Crippen LogP contribution >= 0.6 is 0 Å². The normalized spacial score (nSPS) is 14.7. The number of benzene rings is 1. The first-order valence-electron chi connectivity index (χ1n) is 10.9. The van der Waals surface area contributed by atoms with Crippen LogP contribution in [0.15, 0.2) is 42.9 Å². The zero-order valence-corrected chi connectivity index (χ0v) is 18.6. The van der Waals surface area contributed by atoms with Crippen molar-refractivity contribution >= 4 is 34.3 Å². The van der Waals surface area contributed by atoms with Gasteiger partial charge in [0.05, 0.1) is 11.3 Å². The maximum Gasteiger partial charge on any atom is 0.219 e. The van der Waals surface area contributed by atoms with E-state index in [0.717, 1.165) is 72.5 Å². The minimum atomic E-state index is 0.153. The van der Waals surface area contributed by atoms with Crippen molar-refractivity contribution < 1.29 is 4.79 Å². The number of fused-ring (bicyclic) bond motifs is 1. The summed E-state index contributed by atoms with van der Waals surface area (Å²) >= 11 is 0. The molecule has 0 radical (unpaired) electrons. The summed E-state index contributed by atoms with van der Waals surface area (Å²) in [6.07, 6.45) is 10.4. The lowest BCUT2D eigenvalue weighted by atomic mass is 10.1. The predicted molar refractivity (Wildman–Crippen MR) is 128 cm³/mol. The van der Waals surface area contributed by atoms with Gasteiger partial charge in [-0.05, 0) is 37.1 Å². The Bertz CT molecular complexity index is 1180. The predicted octanol–water partition coefficient (Wildman–Crippen LogP) is 4.05. The Kier molecular flexibility index (Phi) is 6.52. The molecule has 2 aromatic heterocycles. The average molecular weight is 429 g/mol. The van der Waals surface area contributed by atoms with Gasteiger partial charge < -0.3 is 15.2 Å². The number of hydrogen-bond donors (Lipinski definition) is 2. The number of nitrogens with zero attached hydrogens (tertiary/aromatic N) is 4. The quantitative estimate of drug-likeness (QED) is 0.618. The van der Waals surface area contributed by atoms with Crippen molar-refractivity contribution in [3.05, 3.63) is 59.6 Å². The van der Waals surface area contributed by atoms with Crippen molar-refractivity contribution in [1.29, 1.82) is 5.26 Å². The highest BCUT2D eigenvalue weighted by Crippen LogP contribution is 2.30. The Balaban J connectivity index is 1.46. The monoisotopic (exact) mass is 428 g/mol. The molecule has 7 heteroatoms. The number of piperazine rings is 1. The number of aryl methyl sites for hydroxylation is 1. The van der Waals surface area contributed by atoms with Gasteiger partial charge in [-0.15, -0.1) is 0 Å². The van der Waals surface area contributed by atoms with Gasteiger partial charge in [0.2, 0.25) is 5.91 Å². The van der Waals surface area contributed by atoms with Gasteiger partial charge in [0.1, 0.15) is 6.07 Å². The summed E-state index contributed by atoms with van der Waals surface area (Å²) in [4.78, 5) is 23.2. The van der Waals surface area contributed by atoms with Crippen molar-refractivity contribution in [3.63, 3.8) is 0 Å². The van der Waals surface area contributed by atoms with Crippen LogP contribution in [0, 0.1) is 18.3 Å². The first-order chi connectivity index (χ1) is 15.6. The summed E-state index contributed by atoms with van der Waals surface area (Å²) < 4.78 is 0. The number of rotatable bonds is 6. The van der Waals surface area contributed by atoms with E-state index in [0.29, 0.717) is 5.56 Å². The molecule has 1 aliphatic heterocycles. The zero-order chi connectivity index (χ0) is 22.5. The van der Waals surface area contributed by atoms with Crippen LogP contribution < -0.4 is 5.32 Å². The second-order valence-corrected chi connectivity index (χ2v) is 8.10. The van der Waals surface area contributed by atoms with Crippen LogP contribution in [-0.2, 0) is 4.79 Å². The molecule has 164 valence electrons. The molecule has 0 atom stereocenters. The van der Waals surface area contributed by atoms with Crippen LogP contribution in [0.1, 0.15) is 30.0 Å². The zero-order valence-electron chi connectivity index (χ0n) is 18.6. The van der Waals surface area contributed by atoms with E-state index in [1.807, 2.05) is 29.3 Å². The Morgan fingerprint density at radius 3 is 2.81 bits per heavy atom. The Morgan fingerprint density at radius 1 is 1.25 bits per heavy atom. The van der Waals surface area contributed by atoms with Crippen molar-refractivity contribution in [2.45, 2.75) is 20.3 Å². The SMILES string of the molecule is CC(=O)N1CCN(CC/C=C/c2cncc(C#N)c2Nc2ccc3[nH]ccc3c2C)CC1. The van der Waals surface area contributed by atoms with E-state index < -0.39 is 0 Å². The number of anilines is 2. The van der Waals surface area contributed by atoms with Crippen molar-refractivity contribution in [3.8, 4) is 6.07 Å². The number of carbonyl (C=O) groups is 1. The maximum absolute atomic E-state index is 11.5. The summed E-state index contributed by atoms with van der Waals surface area (Å²) in [5.74, 6) is 0.153. The molecule has 1 fully saturated rings. The highest BCUT2D eigenvalue weighted by molar-refractivity contribution is 5.89. The standard InChI is InChI=1S/C25H28N6O/c1-18-22-8-9-28-24(22)7-6-23(18)29-25-20(16-27-17-21(25)15-26)5-3-4-10-30-11-13-31(14-12-30)19(2)32/h3,5-9,16-17,28H,4,10-14H2,1-2H3,(H,27,29)/b5-3+. The smallest absolute Gasteiger partial charge is 0.219 e. The number of carbonyl (C=O) groups excluding carboxylic acids is 1. The average Bonchev–Trinajstić information content (AvgIpc) is 3.29. The maximum atomic E-state index is 11.5. The molecule has 0 saturated carbocycles. The summed E-state index contributed by atoms with van der Waals surface area (Å²) in [5, 5.41) is 14.3. The summed E-state index contributed by atoms with van der Waals surface area (Å²) in [6.45, 7) is 8.06. The Morgan fingerprint density at radius 2 is 2.06 bits per heavy atom. The number of hydrogen-bond acceptors (Lipinski definition) is 5. The molecule has 1 saturated heterocycles. The van der Waals surface area contributed by atoms with E-state index in [-0.39, 0.29) is 5.91 Å². The topological polar surface area (TPSA) is 88.1 Å². The lowest BCUT2D eigenvalue weighted by Crippen LogP contribution is -2.48. The molecule has 2 N–H and O–H groups in total. The molecule has 3 aromatic rings. The molecular formula is C25H28N6O. The van der Waals surface area contributed by atoms with Crippen LogP contribution in [0.25, 0.3) is 17.0 Å². The highest BCUT2D eigenvalue weighted by atomic mass is 16.2. The van der Waals surface area contributed by atoms with Gasteiger partial charge in [-0.3, -0.25) is 14.7 Å². The van der Waals surface area contributed by atoms with E-state index in [1.165, 1.54) is 0 Å². The third-order valence-electron chi connectivity index (χ3n) is 6.09. The van der Waals surface area contributed by atoms with Gasteiger partial charge in [0, 0.05) is 80.4 Å². The number of amides is 1. The Labute approximate surface area is 188 Å². The minimum absolute atomic E-state index is 0.153. The first kappa shape index (κ1) is 21.6. The molecule has 4 rings (SSSR count).